The first-order chi connectivity index (χ1) is 12.8. The minimum absolute atomic E-state index is 0. The lowest BCUT2D eigenvalue weighted by molar-refractivity contribution is 0.0195. The third-order valence-corrected chi connectivity index (χ3v) is 5.37. The van der Waals surface area contributed by atoms with E-state index in [0.717, 1.165) is 69.8 Å². The topological polar surface area (TPSA) is 58.6 Å². The van der Waals surface area contributed by atoms with Gasteiger partial charge in [-0.1, -0.05) is 6.07 Å². The van der Waals surface area contributed by atoms with E-state index in [1.54, 1.807) is 0 Å². The molecule has 0 radical (unpaired) electrons. The van der Waals surface area contributed by atoms with Crippen molar-refractivity contribution in [3.63, 3.8) is 0 Å². The van der Waals surface area contributed by atoms with E-state index in [1.165, 1.54) is 12.0 Å². The van der Waals surface area contributed by atoms with Gasteiger partial charge in [-0.05, 0) is 30.5 Å². The van der Waals surface area contributed by atoms with Crippen LogP contribution in [0.15, 0.2) is 23.2 Å². The summed E-state index contributed by atoms with van der Waals surface area (Å²) >= 11 is 0. The number of benzene rings is 1. The van der Waals surface area contributed by atoms with Crippen molar-refractivity contribution in [2.45, 2.75) is 18.9 Å². The first-order valence-corrected chi connectivity index (χ1v) is 9.49. The molecule has 27 heavy (non-hydrogen) atoms. The van der Waals surface area contributed by atoms with Gasteiger partial charge in [-0.2, -0.15) is 0 Å². The van der Waals surface area contributed by atoms with Gasteiger partial charge in [-0.25, -0.2) is 0 Å². The van der Waals surface area contributed by atoms with Gasteiger partial charge in [0.25, 0.3) is 0 Å². The molecule has 7 nitrogen and oxygen atoms in total. The number of rotatable bonds is 4. The molecule has 0 spiro atoms. The highest BCUT2D eigenvalue weighted by Crippen LogP contribution is 2.32. The zero-order valence-electron chi connectivity index (χ0n) is 15.9. The Morgan fingerprint density at radius 1 is 1.19 bits per heavy atom. The van der Waals surface area contributed by atoms with E-state index in [9.17, 15) is 0 Å². The van der Waals surface area contributed by atoms with Crippen LogP contribution >= 0.6 is 24.0 Å². The van der Waals surface area contributed by atoms with Crippen molar-refractivity contribution in [2.24, 2.45) is 4.99 Å². The van der Waals surface area contributed by atoms with Gasteiger partial charge >= 0.3 is 0 Å². The Morgan fingerprint density at radius 3 is 2.81 bits per heavy atom. The Morgan fingerprint density at radius 2 is 2.00 bits per heavy atom. The summed E-state index contributed by atoms with van der Waals surface area (Å²) in [4.78, 5) is 9.42. The Balaban J connectivity index is 0.00000210. The molecule has 0 bridgehead atoms. The van der Waals surface area contributed by atoms with E-state index in [2.05, 4.69) is 32.2 Å². The Labute approximate surface area is 178 Å². The van der Waals surface area contributed by atoms with E-state index in [-0.39, 0.29) is 24.0 Å². The van der Waals surface area contributed by atoms with E-state index >= 15 is 0 Å². The molecule has 2 saturated heterocycles. The van der Waals surface area contributed by atoms with Crippen LogP contribution in [0.5, 0.6) is 11.5 Å². The minimum atomic E-state index is 0. The predicted octanol–water partition coefficient (Wildman–Crippen LogP) is 1.56. The van der Waals surface area contributed by atoms with Crippen molar-refractivity contribution in [3.8, 4) is 11.5 Å². The average Bonchev–Trinajstić information content (AvgIpc) is 3.35. The van der Waals surface area contributed by atoms with Gasteiger partial charge in [0.15, 0.2) is 17.5 Å². The largest absolute Gasteiger partial charge is 0.454 e. The number of morpholine rings is 1. The SMILES string of the molecule is CN=C(NCCc1ccc2c(c1)OCO2)N1CCC(N2CCOCC2)C1.I. The quantitative estimate of drug-likeness (QED) is 0.395. The van der Waals surface area contributed by atoms with Crippen molar-refractivity contribution in [3.05, 3.63) is 23.8 Å². The van der Waals surface area contributed by atoms with E-state index in [4.69, 9.17) is 14.2 Å². The molecule has 0 saturated carbocycles. The second-order valence-electron chi connectivity index (χ2n) is 6.95. The molecule has 0 aliphatic carbocycles. The molecule has 150 valence electrons. The van der Waals surface area contributed by atoms with Crippen LogP contribution in [0.4, 0.5) is 0 Å². The van der Waals surface area contributed by atoms with E-state index in [0.29, 0.717) is 12.8 Å². The van der Waals surface area contributed by atoms with Crippen molar-refractivity contribution in [1.29, 1.82) is 0 Å². The molecule has 3 aliphatic rings. The number of hydrogen-bond acceptors (Lipinski definition) is 5. The molecule has 0 aromatic heterocycles. The van der Waals surface area contributed by atoms with Gasteiger partial charge in [0.1, 0.15) is 0 Å². The summed E-state index contributed by atoms with van der Waals surface area (Å²) in [6, 6.07) is 6.77. The second-order valence-corrected chi connectivity index (χ2v) is 6.95. The first kappa shape index (κ1) is 20.5. The Bertz CT molecular complexity index is 652. The molecule has 1 unspecified atom stereocenters. The number of fused-ring (bicyclic) bond motifs is 1. The predicted molar refractivity (Wildman–Crippen MR) is 115 cm³/mol. The van der Waals surface area contributed by atoms with Gasteiger partial charge in [0.2, 0.25) is 6.79 Å². The Kier molecular flexibility index (Phi) is 7.42. The molecule has 4 rings (SSSR count). The van der Waals surface area contributed by atoms with Crippen LogP contribution < -0.4 is 14.8 Å². The number of aliphatic imine (C=N–C) groups is 1. The van der Waals surface area contributed by atoms with E-state index in [1.807, 2.05) is 13.1 Å². The zero-order valence-corrected chi connectivity index (χ0v) is 18.2. The van der Waals surface area contributed by atoms with Crippen LogP contribution in [0.1, 0.15) is 12.0 Å². The van der Waals surface area contributed by atoms with Crippen LogP contribution in [0, 0.1) is 0 Å². The number of guanidine groups is 1. The van der Waals surface area contributed by atoms with Crippen LogP contribution in [0.3, 0.4) is 0 Å². The molecular formula is C19H29IN4O3. The molecule has 8 heteroatoms. The smallest absolute Gasteiger partial charge is 0.231 e. The minimum Gasteiger partial charge on any atom is -0.454 e. The lowest BCUT2D eigenvalue weighted by atomic mass is 10.1. The van der Waals surface area contributed by atoms with Crippen LogP contribution in [-0.2, 0) is 11.2 Å². The monoisotopic (exact) mass is 488 g/mol. The molecule has 2 fully saturated rings. The third-order valence-electron chi connectivity index (χ3n) is 5.37. The third kappa shape index (κ3) is 4.97. The lowest BCUT2D eigenvalue weighted by Crippen LogP contribution is -2.46. The summed E-state index contributed by atoms with van der Waals surface area (Å²) in [5.41, 5.74) is 1.24. The first-order valence-electron chi connectivity index (χ1n) is 9.49. The molecule has 1 N–H and O–H groups in total. The number of hydrogen-bond donors (Lipinski definition) is 1. The summed E-state index contributed by atoms with van der Waals surface area (Å²) in [5.74, 6) is 2.69. The molecular weight excluding hydrogens is 459 g/mol. The zero-order chi connectivity index (χ0) is 17.8. The van der Waals surface area contributed by atoms with Gasteiger partial charge < -0.3 is 24.4 Å². The Hall–Kier alpha value is -1.26. The summed E-state index contributed by atoms with van der Waals surface area (Å²) in [5, 5.41) is 3.51. The number of halogens is 1. The maximum Gasteiger partial charge on any atom is 0.231 e. The summed E-state index contributed by atoms with van der Waals surface area (Å²) in [7, 11) is 1.87. The van der Waals surface area contributed by atoms with Crippen molar-refractivity contribution in [1.82, 2.24) is 15.1 Å². The fourth-order valence-electron chi connectivity index (χ4n) is 3.92. The van der Waals surface area contributed by atoms with Gasteiger partial charge in [-0.3, -0.25) is 9.89 Å². The van der Waals surface area contributed by atoms with Crippen LogP contribution in [-0.4, -0.2) is 81.6 Å². The molecule has 3 aliphatic heterocycles. The maximum atomic E-state index is 5.47. The van der Waals surface area contributed by atoms with Gasteiger partial charge in [-0.15, -0.1) is 24.0 Å². The lowest BCUT2D eigenvalue weighted by Gasteiger charge is -2.32. The fraction of sp³-hybridized carbons (Fsp3) is 0.632. The van der Waals surface area contributed by atoms with Crippen molar-refractivity contribution < 1.29 is 14.2 Å². The van der Waals surface area contributed by atoms with E-state index < -0.39 is 0 Å². The standard InChI is InChI=1S/C19H28N4O3.HI/c1-20-19(23-7-5-16(13-23)22-8-10-24-11-9-22)21-6-4-15-2-3-17-18(12-15)26-14-25-17;/h2-3,12,16H,4-11,13-14H2,1H3,(H,20,21);1H. The summed E-state index contributed by atoms with van der Waals surface area (Å²) < 4.78 is 16.3. The molecule has 3 heterocycles. The van der Waals surface area contributed by atoms with Crippen molar-refractivity contribution >= 4 is 29.9 Å². The second kappa shape index (κ2) is 9.79. The fourth-order valence-corrected chi connectivity index (χ4v) is 3.92. The highest BCUT2D eigenvalue weighted by atomic mass is 127. The molecule has 1 atom stereocenters. The average molecular weight is 488 g/mol. The van der Waals surface area contributed by atoms with Gasteiger partial charge in [0.05, 0.1) is 13.2 Å². The summed E-state index contributed by atoms with van der Waals surface area (Å²) in [6.07, 6.45) is 2.12. The number of nitrogens with one attached hydrogen (secondary N) is 1. The van der Waals surface area contributed by atoms with Crippen LogP contribution in [0.25, 0.3) is 0 Å². The highest BCUT2D eigenvalue weighted by molar-refractivity contribution is 14.0. The molecule has 1 aromatic carbocycles. The normalized spacial score (nSPS) is 22.6. The molecule has 0 amide bonds. The summed E-state index contributed by atoms with van der Waals surface area (Å²) in [6.45, 7) is 7.10. The molecule has 1 aromatic rings. The number of likely N-dealkylation sites (tertiary alicyclic amines) is 1. The maximum absolute atomic E-state index is 5.47. The van der Waals surface area contributed by atoms with Crippen LogP contribution in [0.2, 0.25) is 0 Å². The highest BCUT2D eigenvalue weighted by Gasteiger charge is 2.30. The van der Waals surface area contributed by atoms with Gasteiger partial charge in [0, 0.05) is 45.8 Å². The van der Waals surface area contributed by atoms with Crippen molar-refractivity contribution in [2.75, 3.05) is 59.8 Å². The number of nitrogens with zero attached hydrogens (tertiary/aromatic N) is 3. The number of ether oxygens (including phenoxy) is 3.